The van der Waals surface area contributed by atoms with Crippen molar-refractivity contribution >= 4 is 21.6 Å². The highest BCUT2D eigenvalue weighted by molar-refractivity contribution is 7.18. The molecule has 0 aliphatic rings. The maximum absolute atomic E-state index is 13.4. The molecule has 2 aromatic carbocycles. The summed E-state index contributed by atoms with van der Waals surface area (Å²) in [5.74, 6) is 0.650. The number of aromatic nitrogens is 2. The Kier molecular flexibility index (Phi) is 4.35. The first-order valence-electron chi connectivity index (χ1n) is 8.63. The highest BCUT2D eigenvalue weighted by Crippen LogP contribution is 2.29. The molecule has 0 aliphatic carbocycles. The van der Waals surface area contributed by atoms with Crippen LogP contribution in [-0.4, -0.2) is 9.55 Å². The average molecular weight is 371 g/mol. The van der Waals surface area contributed by atoms with Crippen molar-refractivity contribution in [2.45, 2.75) is 20.4 Å². The Labute approximate surface area is 161 Å². The van der Waals surface area contributed by atoms with Crippen LogP contribution in [0.4, 0.5) is 0 Å². The molecule has 4 nitrogen and oxygen atoms in total. The minimum absolute atomic E-state index is 0.0388. The van der Waals surface area contributed by atoms with Crippen LogP contribution < -0.4 is 5.56 Å². The smallest absolute Gasteiger partial charge is 0.263 e. The van der Waals surface area contributed by atoms with E-state index in [1.54, 1.807) is 22.0 Å². The number of nitrogens with zero attached hydrogens (tertiary/aromatic N) is 3. The molecule has 27 heavy (non-hydrogen) atoms. The Morgan fingerprint density at radius 1 is 1.11 bits per heavy atom. The van der Waals surface area contributed by atoms with E-state index in [-0.39, 0.29) is 5.56 Å². The normalized spacial score (nSPS) is 10.9. The third-order valence-corrected chi connectivity index (χ3v) is 5.82. The Morgan fingerprint density at radius 3 is 2.63 bits per heavy atom. The lowest BCUT2D eigenvalue weighted by atomic mass is 10.1. The Hall–Kier alpha value is -3.23. The summed E-state index contributed by atoms with van der Waals surface area (Å²) >= 11 is 1.56. The fourth-order valence-corrected chi connectivity index (χ4v) is 4.22. The summed E-state index contributed by atoms with van der Waals surface area (Å²) in [7, 11) is 0. The first-order chi connectivity index (χ1) is 13.1. The third-order valence-electron chi connectivity index (χ3n) is 4.72. The number of benzene rings is 2. The molecule has 0 bridgehead atoms. The largest absolute Gasteiger partial charge is 0.288 e. The average Bonchev–Trinajstić information content (AvgIpc) is 2.98. The molecular weight excluding hydrogens is 354 g/mol. The van der Waals surface area contributed by atoms with Crippen LogP contribution in [0.3, 0.4) is 0 Å². The lowest BCUT2D eigenvalue weighted by Crippen LogP contribution is -2.24. The van der Waals surface area contributed by atoms with Crippen LogP contribution in [0.15, 0.2) is 59.4 Å². The maximum Gasteiger partial charge on any atom is 0.263 e. The van der Waals surface area contributed by atoms with Gasteiger partial charge in [0.2, 0.25) is 0 Å². The molecular formula is C22H17N3OS. The second-order valence-electron chi connectivity index (χ2n) is 6.47. The van der Waals surface area contributed by atoms with E-state index in [0.29, 0.717) is 23.3 Å². The van der Waals surface area contributed by atoms with Gasteiger partial charge in [0.05, 0.1) is 23.6 Å². The fraction of sp³-hybridized carbons (Fsp3) is 0.136. The summed E-state index contributed by atoms with van der Waals surface area (Å²) in [4.78, 5) is 20.1. The van der Waals surface area contributed by atoms with Gasteiger partial charge in [0.15, 0.2) is 0 Å². The van der Waals surface area contributed by atoms with Crippen molar-refractivity contribution in [3.8, 4) is 17.5 Å². The van der Waals surface area contributed by atoms with Crippen molar-refractivity contribution < 1.29 is 0 Å². The molecule has 0 N–H and O–H groups in total. The van der Waals surface area contributed by atoms with Gasteiger partial charge in [0.1, 0.15) is 10.7 Å². The van der Waals surface area contributed by atoms with Crippen molar-refractivity contribution in [2.75, 3.05) is 0 Å². The van der Waals surface area contributed by atoms with Crippen LogP contribution in [-0.2, 0) is 6.54 Å². The minimum atomic E-state index is -0.0388. The molecule has 132 valence electrons. The van der Waals surface area contributed by atoms with Gasteiger partial charge in [-0.3, -0.25) is 9.36 Å². The zero-order valence-corrected chi connectivity index (χ0v) is 15.9. The van der Waals surface area contributed by atoms with E-state index in [1.807, 2.05) is 62.4 Å². The number of rotatable bonds is 3. The molecule has 2 heterocycles. The van der Waals surface area contributed by atoms with Crippen LogP contribution in [0.1, 0.15) is 21.6 Å². The number of thiophene rings is 1. The van der Waals surface area contributed by atoms with Crippen LogP contribution >= 0.6 is 11.3 Å². The molecule has 0 aliphatic heterocycles. The molecule has 0 radical (unpaired) electrons. The molecule has 4 rings (SSSR count). The van der Waals surface area contributed by atoms with Gasteiger partial charge in [0.25, 0.3) is 5.56 Å². The summed E-state index contributed by atoms with van der Waals surface area (Å²) < 4.78 is 1.72. The molecule has 0 amide bonds. The summed E-state index contributed by atoms with van der Waals surface area (Å²) in [6.07, 6.45) is 0. The van der Waals surface area contributed by atoms with Gasteiger partial charge in [-0.25, -0.2) is 4.98 Å². The standard InChI is InChI=1S/C22H17N3OS/c1-14-15(2)27-21-19(14)22(26)25(13-17-8-6-7-16(11-17)12-23)20(24-21)18-9-4-3-5-10-18/h3-11H,13H2,1-2H3. The van der Waals surface area contributed by atoms with E-state index in [9.17, 15) is 4.79 Å². The highest BCUT2D eigenvalue weighted by atomic mass is 32.1. The van der Waals surface area contributed by atoms with E-state index in [1.165, 1.54) is 0 Å². The molecule has 0 saturated carbocycles. The van der Waals surface area contributed by atoms with Crippen LogP contribution in [0.5, 0.6) is 0 Å². The quantitative estimate of drug-likeness (QED) is 0.526. The minimum Gasteiger partial charge on any atom is -0.288 e. The third kappa shape index (κ3) is 3.05. The van der Waals surface area contributed by atoms with Crippen molar-refractivity contribution in [3.05, 3.63) is 86.5 Å². The van der Waals surface area contributed by atoms with E-state index in [2.05, 4.69) is 6.07 Å². The molecule has 0 atom stereocenters. The molecule has 2 aromatic heterocycles. The monoisotopic (exact) mass is 371 g/mol. The number of fused-ring (bicyclic) bond motifs is 1. The van der Waals surface area contributed by atoms with Crippen molar-refractivity contribution in [1.29, 1.82) is 5.26 Å². The number of nitriles is 1. The van der Waals surface area contributed by atoms with E-state index in [4.69, 9.17) is 10.2 Å². The second kappa shape index (κ2) is 6.82. The predicted molar refractivity (Wildman–Crippen MR) is 109 cm³/mol. The Morgan fingerprint density at radius 2 is 1.89 bits per heavy atom. The topological polar surface area (TPSA) is 58.7 Å². The number of aryl methyl sites for hydroxylation is 2. The molecule has 0 fully saturated rings. The number of hydrogen-bond acceptors (Lipinski definition) is 4. The van der Waals surface area contributed by atoms with Gasteiger partial charge in [-0.2, -0.15) is 5.26 Å². The second-order valence-corrected chi connectivity index (χ2v) is 7.67. The lowest BCUT2D eigenvalue weighted by Gasteiger charge is -2.13. The van der Waals surface area contributed by atoms with Gasteiger partial charge in [0, 0.05) is 10.4 Å². The summed E-state index contributed by atoms with van der Waals surface area (Å²) in [5.41, 5.74) is 3.34. The first kappa shape index (κ1) is 17.2. The van der Waals surface area contributed by atoms with E-state index >= 15 is 0 Å². The Balaban J connectivity index is 1.99. The predicted octanol–water partition coefficient (Wildman–Crippen LogP) is 4.66. The van der Waals surface area contributed by atoms with Crippen molar-refractivity contribution in [1.82, 2.24) is 9.55 Å². The van der Waals surface area contributed by atoms with E-state index < -0.39 is 0 Å². The van der Waals surface area contributed by atoms with E-state index in [0.717, 1.165) is 26.4 Å². The van der Waals surface area contributed by atoms with Crippen LogP contribution in [0, 0.1) is 25.2 Å². The van der Waals surface area contributed by atoms with Gasteiger partial charge in [-0.05, 0) is 37.1 Å². The Bertz CT molecular complexity index is 1250. The fourth-order valence-electron chi connectivity index (χ4n) is 3.20. The van der Waals surface area contributed by atoms with Gasteiger partial charge < -0.3 is 0 Å². The van der Waals surface area contributed by atoms with Crippen molar-refractivity contribution in [2.24, 2.45) is 0 Å². The zero-order chi connectivity index (χ0) is 19.0. The van der Waals surface area contributed by atoms with Gasteiger partial charge in [-0.1, -0.05) is 42.5 Å². The molecule has 0 unspecified atom stereocenters. The molecule has 5 heteroatoms. The van der Waals surface area contributed by atoms with Crippen molar-refractivity contribution in [3.63, 3.8) is 0 Å². The van der Waals surface area contributed by atoms with Gasteiger partial charge >= 0.3 is 0 Å². The summed E-state index contributed by atoms with van der Waals surface area (Å²) in [5, 5.41) is 9.85. The first-order valence-corrected chi connectivity index (χ1v) is 9.45. The summed E-state index contributed by atoms with van der Waals surface area (Å²) in [6.45, 7) is 4.36. The van der Waals surface area contributed by atoms with Crippen LogP contribution in [0.2, 0.25) is 0 Å². The van der Waals surface area contributed by atoms with Gasteiger partial charge in [-0.15, -0.1) is 11.3 Å². The molecule has 0 saturated heterocycles. The number of hydrogen-bond donors (Lipinski definition) is 0. The maximum atomic E-state index is 13.4. The molecule has 4 aromatic rings. The zero-order valence-electron chi connectivity index (χ0n) is 15.1. The molecule has 0 spiro atoms. The van der Waals surface area contributed by atoms with Crippen LogP contribution in [0.25, 0.3) is 21.6 Å². The highest BCUT2D eigenvalue weighted by Gasteiger charge is 2.17. The SMILES string of the molecule is Cc1sc2nc(-c3ccccc3)n(Cc3cccc(C#N)c3)c(=O)c2c1C. The lowest BCUT2D eigenvalue weighted by molar-refractivity contribution is 0.759. The summed E-state index contributed by atoms with van der Waals surface area (Å²) in [6, 6.07) is 19.3.